The zero-order valence-electron chi connectivity index (χ0n) is 17.4. The molecule has 3 heterocycles. The fourth-order valence-electron chi connectivity index (χ4n) is 3.52. The molecule has 1 saturated heterocycles. The van der Waals surface area contributed by atoms with Crippen LogP contribution < -0.4 is 10.2 Å². The molecule has 1 fully saturated rings. The number of aryl methyl sites for hydroxylation is 1. The Morgan fingerprint density at radius 1 is 1.07 bits per heavy atom. The SMILES string of the molecule is C=C(Nc1ccc(C)c(-c2ccnc(N3CCOCC3)c2)c1)c1ccnc(SC)c1. The molecule has 0 radical (unpaired) electrons. The summed E-state index contributed by atoms with van der Waals surface area (Å²) in [6.07, 6.45) is 5.73. The number of hydrogen-bond acceptors (Lipinski definition) is 6. The van der Waals surface area contributed by atoms with Gasteiger partial charge in [-0.3, -0.25) is 0 Å². The molecule has 1 aliphatic rings. The lowest BCUT2D eigenvalue weighted by molar-refractivity contribution is 0.122. The normalized spacial score (nSPS) is 13.9. The highest BCUT2D eigenvalue weighted by atomic mass is 32.2. The Balaban J connectivity index is 1.58. The first-order valence-corrected chi connectivity index (χ1v) is 11.2. The maximum atomic E-state index is 5.47. The molecule has 5 nitrogen and oxygen atoms in total. The van der Waals surface area contributed by atoms with Gasteiger partial charge in [-0.1, -0.05) is 12.6 Å². The van der Waals surface area contributed by atoms with Crippen molar-refractivity contribution in [1.29, 1.82) is 0 Å². The first-order chi connectivity index (χ1) is 14.6. The van der Waals surface area contributed by atoms with Crippen LogP contribution >= 0.6 is 11.8 Å². The summed E-state index contributed by atoms with van der Waals surface area (Å²) in [7, 11) is 0. The zero-order chi connectivity index (χ0) is 20.9. The number of ether oxygens (including phenoxy) is 1. The average Bonchev–Trinajstić information content (AvgIpc) is 2.81. The van der Waals surface area contributed by atoms with Gasteiger partial charge in [0.25, 0.3) is 0 Å². The maximum absolute atomic E-state index is 5.47. The third kappa shape index (κ3) is 4.66. The summed E-state index contributed by atoms with van der Waals surface area (Å²) in [4.78, 5) is 11.2. The second-order valence-electron chi connectivity index (χ2n) is 7.22. The lowest BCUT2D eigenvalue weighted by Crippen LogP contribution is -2.36. The monoisotopic (exact) mass is 418 g/mol. The standard InChI is InChI=1S/C24H26N4OS/c1-17-4-5-21(27-18(2)19-6-9-26-24(15-19)30-3)16-22(17)20-7-8-25-23(14-20)28-10-12-29-13-11-28/h4-9,14-16,27H,2,10-13H2,1,3H3. The van der Waals surface area contributed by atoms with E-state index in [1.807, 2.05) is 30.8 Å². The molecule has 1 N–H and O–H groups in total. The molecule has 0 bridgehead atoms. The number of rotatable bonds is 6. The topological polar surface area (TPSA) is 50.3 Å². The number of hydrogen-bond donors (Lipinski definition) is 1. The van der Waals surface area contributed by atoms with Crippen LogP contribution in [0.3, 0.4) is 0 Å². The molecule has 0 spiro atoms. The maximum Gasteiger partial charge on any atom is 0.129 e. The van der Waals surface area contributed by atoms with Crippen LogP contribution in [0.5, 0.6) is 0 Å². The second kappa shape index (κ2) is 9.32. The molecule has 0 saturated carbocycles. The van der Waals surface area contributed by atoms with Gasteiger partial charge in [0.2, 0.25) is 0 Å². The lowest BCUT2D eigenvalue weighted by Gasteiger charge is -2.28. The molecular formula is C24H26N4OS. The van der Waals surface area contributed by atoms with Crippen molar-refractivity contribution in [1.82, 2.24) is 9.97 Å². The third-order valence-corrected chi connectivity index (χ3v) is 5.86. The van der Waals surface area contributed by atoms with Crippen molar-refractivity contribution in [2.75, 3.05) is 42.8 Å². The molecule has 6 heteroatoms. The van der Waals surface area contributed by atoms with Crippen molar-refractivity contribution in [3.63, 3.8) is 0 Å². The summed E-state index contributed by atoms with van der Waals surface area (Å²) in [5.74, 6) is 0.999. The van der Waals surface area contributed by atoms with Crippen molar-refractivity contribution in [2.45, 2.75) is 11.9 Å². The van der Waals surface area contributed by atoms with E-state index in [1.54, 1.807) is 11.8 Å². The van der Waals surface area contributed by atoms with Gasteiger partial charge >= 0.3 is 0 Å². The Morgan fingerprint density at radius 3 is 2.67 bits per heavy atom. The van der Waals surface area contributed by atoms with Gasteiger partial charge in [0.1, 0.15) is 5.82 Å². The molecule has 0 atom stereocenters. The van der Waals surface area contributed by atoms with Crippen LogP contribution in [0.15, 0.2) is 66.5 Å². The van der Waals surface area contributed by atoms with Crippen LogP contribution in [0.2, 0.25) is 0 Å². The van der Waals surface area contributed by atoms with Crippen LogP contribution in [0.25, 0.3) is 16.8 Å². The van der Waals surface area contributed by atoms with E-state index in [2.05, 4.69) is 64.0 Å². The Kier molecular flexibility index (Phi) is 6.35. The number of aromatic nitrogens is 2. The Bertz CT molecular complexity index is 1050. The number of nitrogens with one attached hydrogen (secondary N) is 1. The molecule has 1 aliphatic heterocycles. The largest absolute Gasteiger partial charge is 0.378 e. The summed E-state index contributed by atoms with van der Waals surface area (Å²) in [6.45, 7) is 9.61. The van der Waals surface area contributed by atoms with Gasteiger partial charge in [0.05, 0.1) is 18.2 Å². The molecule has 154 valence electrons. The minimum Gasteiger partial charge on any atom is -0.378 e. The number of morpholine rings is 1. The molecular weight excluding hydrogens is 392 g/mol. The van der Waals surface area contributed by atoms with E-state index in [9.17, 15) is 0 Å². The summed E-state index contributed by atoms with van der Waals surface area (Å²) >= 11 is 1.62. The van der Waals surface area contributed by atoms with Gasteiger partial charge in [-0.05, 0) is 66.3 Å². The summed E-state index contributed by atoms with van der Waals surface area (Å²) in [6, 6.07) is 14.7. The number of nitrogens with zero attached hydrogens (tertiary/aromatic N) is 3. The number of benzene rings is 1. The minimum atomic E-state index is 0.750. The zero-order valence-corrected chi connectivity index (χ0v) is 18.2. The van der Waals surface area contributed by atoms with E-state index >= 15 is 0 Å². The highest BCUT2D eigenvalue weighted by molar-refractivity contribution is 7.98. The predicted octanol–water partition coefficient (Wildman–Crippen LogP) is 5.09. The first-order valence-electron chi connectivity index (χ1n) is 10.00. The molecule has 0 unspecified atom stereocenters. The van der Waals surface area contributed by atoms with Crippen LogP contribution in [-0.2, 0) is 4.74 Å². The third-order valence-electron chi connectivity index (χ3n) is 5.22. The van der Waals surface area contributed by atoms with Crippen LogP contribution in [0, 0.1) is 6.92 Å². The molecule has 0 amide bonds. The van der Waals surface area contributed by atoms with E-state index in [1.165, 1.54) is 11.1 Å². The van der Waals surface area contributed by atoms with Gasteiger partial charge in [-0.2, -0.15) is 0 Å². The Morgan fingerprint density at radius 2 is 1.87 bits per heavy atom. The van der Waals surface area contributed by atoms with Gasteiger partial charge in [0.15, 0.2) is 0 Å². The van der Waals surface area contributed by atoms with E-state index in [0.29, 0.717) is 0 Å². The molecule has 1 aromatic carbocycles. The van der Waals surface area contributed by atoms with E-state index in [0.717, 1.165) is 59.7 Å². The highest BCUT2D eigenvalue weighted by Crippen LogP contribution is 2.30. The average molecular weight is 419 g/mol. The molecule has 30 heavy (non-hydrogen) atoms. The van der Waals surface area contributed by atoms with E-state index in [-0.39, 0.29) is 0 Å². The van der Waals surface area contributed by atoms with Crippen LogP contribution in [0.4, 0.5) is 11.5 Å². The van der Waals surface area contributed by atoms with Gasteiger partial charge in [-0.15, -0.1) is 11.8 Å². The van der Waals surface area contributed by atoms with E-state index in [4.69, 9.17) is 4.74 Å². The number of pyridine rings is 2. The second-order valence-corrected chi connectivity index (χ2v) is 8.05. The highest BCUT2D eigenvalue weighted by Gasteiger charge is 2.14. The van der Waals surface area contributed by atoms with Gasteiger partial charge < -0.3 is 15.0 Å². The number of thioether (sulfide) groups is 1. The van der Waals surface area contributed by atoms with Crippen molar-refractivity contribution >= 4 is 29.0 Å². The summed E-state index contributed by atoms with van der Waals surface area (Å²) < 4.78 is 5.47. The smallest absolute Gasteiger partial charge is 0.129 e. The molecule has 0 aliphatic carbocycles. The van der Waals surface area contributed by atoms with Crippen LogP contribution in [-0.4, -0.2) is 42.5 Å². The molecule has 3 aromatic rings. The minimum absolute atomic E-state index is 0.750. The van der Waals surface area contributed by atoms with Crippen molar-refractivity contribution < 1.29 is 4.74 Å². The van der Waals surface area contributed by atoms with Gasteiger partial charge in [0, 0.05) is 42.4 Å². The lowest BCUT2D eigenvalue weighted by atomic mass is 10.0. The Hall–Kier alpha value is -2.83. The van der Waals surface area contributed by atoms with Crippen molar-refractivity contribution in [3.8, 4) is 11.1 Å². The predicted molar refractivity (Wildman–Crippen MR) is 126 cm³/mol. The molecule has 4 rings (SSSR count). The quantitative estimate of drug-likeness (QED) is 0.563. The fourth-order valence-corrected chi connectivity index (χ4v) is 3.93. The van der Waals surface area contributed by atoms with Crippen LogP contribution in [0.1, 0.15) is 11.1 Å². The van der Waals surface area contributed by atoms with Crippen molar-refractivity contribution in [3.05, 3.63) is 72.6 Å². The van der Waals surface area contributed by atoms with Gasteiger partial charge in [-0.25, -0.2) is 9.97 Å². The first kappa shape index (κ1) is 20.4. The summed E-state index contributed by atoms with van der Waals surface area (Å²) in [5, 5.41) is 4.43. The molecule has 2 aromatic heterocycles. The Labute approximate surface area is 182 Å². The summed E-state index contributed by atoms with van der Waals surface area (Å²) in [5.41, 5.74) is 6.46. The fraction of sp³-hybridized carbons (Fsp3) is 0.250. The number of anilines is 2. The van der Waals surface area contributed by atoms with Crippen molar-refractivity contribution in [2.24, 2.45) is 0 Å². The van der Waals surface area contributed by atoms with E-state index < -0.39 is 0 Å².